The van der Waals surface area contributed by atoms with E-state index in [2.05, 4.69) is 24.1 Å². The Morgan fingerprint density at radius 2 is 2.00 bits per heavy atom. The van der Waals surface area contributed by atoms with Gasteiger partial charge in [0.2, 0.25) is 0 Å². The largest absolute Gasteiger partial charge is 0.313 e. The van der Waals surface area contributed by atoms with Crippen molar-refractivity contribution in [2.24, 2.45) is 0 Å². The van der Waals surface area contributed by atoms with Crippen molar-refractivity contribution in [3.8, 4) is 0 Å². The fourth-order valence-electron chi connectivity index (χ4n) is 1.59. The van der Waals surface area contributed by atoms with Crippen molar-refractivity contribution in [1.29, 1.82) is 0 Å². The molecule has 0 aromatic heterocycles. The Balaban J connectivity index is 2.32. The summed E-state index contributed by atoms with van der Waals surface area (Å²) in [5, 5.41) is 4.98. The van der Waals surface area contributed by atoms with E-state index in [1.165, 1.54) is 38.2 Å². The molecule has 1 radical (unpaired) electrons. The van der Waals surface area contributed by atoms with Crippen LogP contribution in [-0.2, 0) is 0 Å². The van der Waals surface area contributed by atoms with Crippen molar-refractivity contribution < 1.29 is 0 Å². The van der Waals surface area contributed by atoms with Crippen molar-refractivity contribution in [1.82, 2.24) is 10.2 Å². The van der Waals surface area contributed by atoms with Gasteiger partial charge in [-0.25, -0.2) is 0 Å². The van der Waals surface area contributed by atoms with E-state index in [1.807, 2.05) is 11.8 Å². The first-order chi connectivity index (χ1) is 6.38. The lowest BCUT2D eigenvalue weighted by Crippen LogP contribution is -2.39. The lowest BCUT2D eigenvalue weighted by molar-refractivity contribution is 0.310. The summed E-state index contributed by atoms with van der Waals surface area (Å²) in [5.74, 6) is 1.24. The Labute approximate surface area is 86.5 Å². The zero-order chi connectivity index (χ0) is 9.52. The van der Waals surface area contributed by atoms with Gasteiger partial charge >= 0.3 is 0 Å². The molecule has 1 saturated heterocycles. The van der Waals surface area contributed by atoms with Gasteiger partial charge in [0.1, 0.15) is 5.37 Å². The predicted molar refractivity (Wildman–Crippen MR) is 60.7 cm³/mol. The standard InChI is InChI=1S/C10H21N2S/c1-3-6-12(7-4-2)10-9-11-5-8-13-10/h11H,3-9H2,1-2H3. The van der Waals surface area contributed by atoms with Crippen LogP contribution in [0, 0.1) is 5.37 Å². The van der Waals surface area contributed by atoms with Gasteiger partial charge in [0.25, 0.3) is 0 Å². The fourth-order valence-corrected chi connectivity index (χ4v) is 2.64. The number of hydrogen-bond donors (Lipinski definition) is 1. The average molecular weight is 201 g/mol. The minimum atomic E-state index is 1.09. The second-order valence-electron chi connectivity index (χ2n) is 3.41. The third-order valence-electron chi connectivity index (χ3n) is 2.16. The van der Waals surface area contributed by atoms with E-state index in [1.54, 1.807) is 5.37 Å². The molecular formula is C10H21N2S. The van der Waals surface area contributed by atoms with E-state index < -0.39 is 0 Å². The van der Waals surface area contributed by atoms with E-state index in [0.717, 1.165) is 6.54 Å². The van der Waals surface area contributed by atoms with Crippen molar-refractivity contribution >= 4 is 11.8 Å². The fraction of sp³-hybridized carbons (Fsp3) is 0.900. The molecule has 1 aliphatic rings. The molecule has 0 aromatic rings. The molecule has 1 fully saturated rings. The SMILES string of the molecule is CCCN(CCC)[C]1CNCCS1. The maximum atomic E-state index is 3.43. The first kappa shape index (κ1) is 11.3. The van der Waals surface area contributed by atoms with Crippen molar-refractivity contribution in [2.75, 3.05) is 31.9 Å². The zero-order valence-corrected chi connectivity index (χ0v) is 9.62. The van der Waals surface area contributed by atoms with E-state index in [0.29, 0.717) is 0 Å². The van der Waals surface area contributed by atoms with Gasteiger partial charge in [-0.3, -0.25) is 4.90 Å². The molecule has 0 amide bonds. The molecule has 0 unspecified atom stereocenters. The molecule has 0 atom stereocenters. The van der Waals surface area contributed by atoms with Gasteiger partial charge in [0, 0.05) is 18.8 Å². The summed E-state index contributed by atoms with van der Waals surface area (Å²) in [7, 11) is 0. The summed E-state index contributed by atoms with van der Waals surface area (Å²) >= 11 is 2.03. The lowest BCUT2D eigenvalue weighted by Gasteiger charge is -2.32. The topological polar surface area (TPSA) is 15.3 Å². The Morgan fingerprint density at radius 3 is 2.46 bits per heavy atom. The Morgan fingerprint density at radius 1 is 1.31 bits per heavy atom. The Kier molecular flexibility index (Phi) is 5.83. The van der Waals surface area contributed by atoms with Crippen LogP contribution < -0.4 is 5.32 Å². The van der Waals surface area contributed by atoms with Crippen LogP contribution in [0.4, 0.5) is 0 Å². The highest BCUT2D eigenvalue weighted by atomic mass is 32.2. The molecule has 0 aliphatic carbocycles. The molecule has 13 heavy (non-hydrogen) atoms. The van der Waals surface area contributed by atoms with Crippen molar-refractivity contribution in [3.63, 3.8) is 0 Å². The summed E-state index contributed by atoms with van der Waals surface area (Å²) in [6, 6.07) is 0. The molecule has 0 saturated carbocycles. The third-order valence-corrected chi connectivity index (χ3v) is 3.31. The first-order valence-electron chi connectivity index (χ1n) is 5.32. The van der Waals surface area contributed by atoms with Gasteiger partial charge in [-0.05, 0) is 25.9 Å². The monoisotopic (exact) mass is 201 g/mol. The highest BCUT2D eigenvalue weighted by Gasteiger charge is 2.20. The molecule has 0 bridgehead atoms. The second kappa shape index (κ2) is 6.68. The van der Waals surface area contributed by atoms with Crippen molar-refractivity contribution in [2.45, 2.75) is 26.7 Å². The second-order valence-corrected chi connectivity index (χ2v) is 4.57. The number of nitrogens with zero attached hydrogens (tertiary/aromatic N) is 1. The maximum Gasteiger partial charge on any atom is 0.109 e. The van der Waals surface area contributed by atoms with Gasteiger partial charge in [0.05, 0.1) is 0 Å². The van der Waals surface area contributed by atoms with Crippen molar-refractivity contribution in [3.05, 3.63) is 5.37 Å². The average Bonchev–Trinajstić information content (AvgIpc) is 2.19. The molecule has 1 N–H and O–H groups in total. The number of nitrogens with one attached hydrogen (secondary N) is 1. The lowest BCUT2D eigenvalue weighted by atomic mass is 10.3. The summed E-state index contributed by atoms with van der Waals surface area (Å²) in [6.07, 6.45) is 2.51. The van der Waals surface area contributed by atoms with Crippen LogP contribution in [0.5, 0.6) is 0 Å². The quantitative estimate of drug-likeness (QED) is 0.732. The number of rotatable bonds is 5. The highest BCUT2D eigenvalue weighted by molar-refractivity contribution is 8.02. The van der Waals surface area contributed by atoms with Gasteiger partial charge in [-0.2, -0.15) is 0 Å². The van der Waals surface area contributed by atoms with E-state index in [-0.39, 0.29) is 0 Å². The van der Waals surface area contributed by atoms with Crippen LogP contribution in [0.3, 0.4) is 0 Å². The van der Waals surface area contributed by atoms with Gasteiger partial charge in [-0.15, -0.1) is 11.8 Å². The van der Waals surface area contributed by atoms with Crippen LogP contribution in [0.25, 0.3) is 0 Å². The molecule has 3 heteroatoms. The minimum absolute atomic E-state index is 1.09. The summed E-state index contributed by atoms with van der Waals surface area (Å²) < 4.78 is 0. The van der Waals surface area contributed by atoms with Gasteiger partial charge < -0.3 is 5.32 Å². The first-order valence-corrected chi connectivity index (χ1v) is 6.31. The summed E-state index contributed by atoms with van der Waals surface area (Å²) in [6.45, 7) is 9.20. The minimum Gasteiger partial charge on any atom is -0.313 e. The van der Waals surface area contributed by atoms with Gasteiger partial charge in [0.15, 0.2) is 0 Å². The predicted octanol–water partition coefficient (Wildman–Crippen LogP) is 1.93. The molecule has 77 valence electrons. The molecular weight excluding hydrogens is 180 g/mol. The molecule has 0 spiro atoms. The normalized spacial score (nSPS) is 19.6. The van der Waals surface area contributed by atoms with Crippen LogP contribution in [-0.4, -0.2) is 36.8 Å². The summed E-state index contributed by atoms with van der Waals surface area (Å²) in [4.78, 5) is 2.54. The third kappa shape index (κ3) is 3.88. The van der Waals surface area contributed by atoms with E-state index in [9.17, 15) is 0 Å². The Hall–Kier alpha value is 0.270. The molecule has 1 rings (SSSR count). The highest BCUT2D eigenvalue weighted by Crippen LogP contribution is 2.25. The van der Waals surface area contributed by atoms with Crippen LogP contribution in [0.2, 0.25) is 0 Å². The summed E-state index contributed by atoms with van der Waals surface area (Å²) in [5.41, 5.74) is 0. The number of thioether (sulfide) groups is 1. The molecule has 1 heterocycles. The molecule has 2 nitrogen and oxygen atoms in total. The van der Waals surface area contributed by atoms with E-state index >= 15 is 0 Å². The van der Waals surface area contributed by atoms with Crippen LogP contribution in [0.15, 0.2) is 0 Å². The van der Waals surface area contributed by atoms with Crippen LogP contribution in [0.1, 0.15) is 26.7 Å². The smallest absolute Gasteiger partial charge is 0.109 e. The van der Waals surface area contributed by atoms with Gasteiger partial charge in [-0.1, -0.05) is 13.8 Å². The zero-order valence-electron chi connectivity index (χ0n) is 8.81. The maximum absolute atomic E-state index is 3.43. The van der Waals surface area contributed by atoms with Crippen LogP contribution >= 0.6 is 11.8 Å². The van der Waals surface area contributed by atoms with E-state index in [4.69, 9.17) is 0 Å². The Bertz CT molecular complexity index is 118. The molecule has 0 aromatic carbocycles. The molecule has 1 aliphatic heterocycles. The number of hydrogen-bond acceptors (Lipinski definition) is 3.